The lowest BCUT2D eigenvalue weighted by atomic mass is 10.1. The number of nitrogens with zero attached hydrogens (tertiary/aromatic N) is 2. The number of amides is 1. The van der Waals surface area contributed by atoms with E-state index in [-0.39, 0.29) is 24.4 Å². The molecule has 0 fully saturated rings. The predicted octanol–water partition coefficient (Wildman–Crippen LogP) is 2.79. The molecule has 3 N–H and O–H groups in total. The molecule has 0 spiro atoms. The minimum Gasteiger partial charge on any atom is -0.352 e. The fourth-order valence-electron chi connectivity index (χ4n) is 2.08. The monoisotopic (exact) mass is 358 g/mol. The Balaban J connectivity index is 0.00000264. The highest BCUT2D eigenvalue weighted by atomic mass is 35.5. The van der Waals surface area contributed by atoms with E-state index in [1.807, 2.05) is 17.5 Å². The normalized spacial score (nSPS) is 11.7. The Labute approximate surface area is 146 Å². The number of aromatic nitrogens is 2. The number of thiophene rings is 1. The van der Waals surface area contributed by atoms with E-state index in [2.05, 4.69) is 22.4 Å². The summed E-state index contributed by atoms with van der Waals surface area (Å²) in [5.74, 6) is 1.03. The van der Waals surface area contributed by atoms with Crippen molar-refractivity contribution in [1.29, 1.82) is 0 Å². The van der Waals surface area contributed by atoms with Gasteiger partial charge < -0.3 is 15.6 Å². The maximum absolute atomic E-state index is 11.9. The summed E-state index contributed by atoms with van der Waals surface area (Å²) in [6, 6.07) is 3.93. The van der Waals surface area contributed by atoms with Crippen LogP contribution in [0.4, 0.5) is 0 Å². The molecule has 0 aliphatic carbocycles. The van der Waals surface area contributed by atoms with E-state index < -0.39 is 0 Å². The summed E-state index contributed by atoms with van der Waals surface area (Å²) in [6.45, 7) is 2.59. The molecule has 23 heavy (non-hydrogen) atoms. The van der Waals surface area contributed by atoms with E-state index in [9.17, 15) is 4.79 Å². The van der Waals surface area contributed by atoms with E-state index in [0.717, 1.165) is 24.1 Å². The van der Waals surface area contributed by atoms with E-state index in [1.54, 1.807) is 11.3 Å². The number of carbonyl (C=O) groups is 1. The van der Waals surface area contributed by atoms with Crippen molar-refractivity contribution in [2.45, 2.75) is 45.1 Å². The number of carbonyl (C=O) groups excluding carboxylic acids is 1. The van der Waals surface area contributed by atoms with Crippen molar-refractivity contribution in [3.05, 3.63) is 23.4 Å². The number of aryl methyl sites for hydroxylation is 1. The second-order valence-corrected chi connectivity index (χ2v) is 6.08. The quantitative estimate of drug-likeness (QED) is 0.718. The first kappa shape index (κ1) is 19.6. The minimum atomic E-state index is -0.0255. The van der Waals surface area contributed by atoms with Crippen LogP contribution in [0.3, 0.4) is 0 Å². The van der Waals surface area contributed by atoms with E-state index in [4.69, 9.17) is 10.3 Å². The van der Waals surface area contributed by atoms with Gasteiger partial charge in [-0.05, 0) is 17.9 Å². The van der Waals surface area contributed by atoms with Gasteiger partial charge in [0.15, 0.2) is 0 Å². The fourth-order valence-corrected chi connectivity index (χ4v) is 2.73. The third-order valence-electron chi connectivity index (χ3n) is 3.33. The number of hydrogen-bond donors (Lipinski definition) is 2. The number of rotatable bonds is 9. The molecule has 2 aromatic rings. The van der Waals surface area contributed by atoms with Crippen molar-refractivity contribution in [3.8, 4) is 10.7 Å². The Kier molecular flexibility index (Phi) is 8.83. The van der Waals surface area contributed by atoms with Crippen LogP contribution in [0.25, 0.3) is 10.7 Å². The van der Waals surface area contributed by atoms with Gasteiger partial charge in [-0.3, -0.25) is 4.79 Å². The summed E-state index contributed by atoms with van der Waals surface area (Å²) in [4.78, 5) is 17.2. The molecule has 0 aromatic carbocycles. The molecule has 0 aliphatic rings. The average molecular weight is 359 g/mol. The molecule has 1 atom stereocenters. The molecular weight excluding hydrogens is 336 g/mol. The van der Waals surface area contributed by atoms with Crippen molar-refractivity contribution >= 4 is 29.7 Å². The van der Waals surface area contributed by atoms with Crippen LogP contribution in [0.1, 0.15) is 38.5 Å². The molecule has 0 saturated carbocycles. The fraction of sp³-hybridized carbons (Fsp3) is 0.533. The third-order valence-corrected chi connectivity index (χ3v) is 4.20. The Bertz CT molecular complexity index is 574. The van der Waals surface area contributed by atoms with E-state index in [1.165, 1.54) is 0 Å². The van der Waals surface area contributed by atoms with Crippen molar-refractivity contribution in [3.63, 3.8) is 0 Å². The SMILES string of the molecule is CCCCC(CN)NC(=O)CCc1nc(-c2cccs2)no1.Cl. The number of nitrogens with two attached hydrogens (primary N) is 1. The van der Waals surface area contributed by atoms with Crippen molar-refractivity contribution in [1.82, 2.24) is 15.5 Å². The maximum Gasteiger partial charge on any atom is 0.227 e. The molecule has 0 saturated heterocycles. The highest BCUT2D eigenvalue weighted by molar-refractivity contribution is 7.13. The van der Waals surface area contributed by atoms with Crippen molar-refractivity contribution < 1.29 is 9.32 Å². The Morgan fingerprint density at radius 3 is 3.00 bits per heavy atom. The molecular formula is C15H23ClN4O2S. The minimum absolute atomic E-state index is 0. The number of halogens is 1. The van der Waals surface area contributed by atoms with Gasteiger partial charge in [0, 0.05) is 25.4 Å². The van der Waals surface area contributed by atoms with Crippen LogP contribution in [0.2, 0.25) is 0 Å². The largest absolute Gasteiger partial charge is 0.352 e. The van der Waals surface area contributed by atoms with Crippen LogP contribution >= 0.6 is 23.7 Å². The Morgan fingerprint density at radius 1 is 1.52 bits per heavy atom. The standard InChI is InChI=1S/C15H22N4O2S.ClH/c1-2-3-5-11(10-16)17-13(20)7-8-14-18-15(19-21-14)12-6-4-9-22-12;/h4,6,9,11H,2-3,5,7-8,10,16H2,1H3,(H,17,20);1H. The first-order valence-electron chi connectivity index (χ1n) is 7.58. The second-order valence-electron chi connectivity index (χ2n) is 5.13. The van der Waals surface area contributed by atoms with Gasteiger partial charge in [0.1, 0.15) is 0 Å². The molecule has 6 nitrogen and oxygen atoms in total. The van der Waals surface area contributed by atoms with Gasteiger partial charge in [0.25, 0.3) is 0 Å². The maximum atomic E-state index is 11.9. The molecule has 0 bridgehead atoms. The van der Waals surface area contributed by atoms with Crippen molar-refractivity contribution in [2.75, 3.05) is 6.54 Å². The van der Waals surface area contributed by atoms with E-state index >= 15 is 0 Å². The van der Waals surface area contributed by atoms with Gasteiger partial charge in [-0.2, -0.15) is 4.98 Å². The predicted molar refractivity (Wildman–Crippen MR) is 93.7 cm³/mol. The first-order chi connectivity index (χ1) is 10.7. The van der Waals surface area contributed by atoms with Crippen LogP contribution in [-0.2, 0) is 11.2 Å². The lowest BCUT2D eigenvalue weighted by molar-refractivity contribution is -0.121. The lowest BCUT2D eigenvalue weighted by Crippen LogP contribution is -2.40. The van der Waals surface area contributed by atoms with Gasteiger partial charge in [0.2, 0.25) is 17.6 Å². The van der Waals surface area contributed by atoms with Crippen LogP contribution in [-0.4, -0.2) is 28.6 Å². The zero-order valence-electron chi connectivity index (χ0n) is 13.2. The number of hydrogen-bond acceptors (Lipinski definition) is 6. The lowest BCUT2D eigenvalue weighted by Gasteiger charge is -2.15. The van der Waals surface area contributed by atoms with Crippen LogP contribution < -0.4 is 11.1 Å². The van der Waals surface area contributed by atoms with Gasteiger partial charge in [-0.15, -0.1) is 23.7 Å². The summed E-state index contributed by atoms with van der Waals surface area (Å²) < 4.78 is 5.18. The molecule has 8 heteroatoms. The Hall–Kier alpha value is -1.44. The molecule has 0 radical (unpaired) electrons. The molecule has 0 aliphatic heterocycles. The summed E-state index contributed by atoms with van der Waals surface area (Å²) >= 11 is 1.55. The van der Waals surface area contributed by atoms with Gasteiger partial charge >= 0.3 is 0 Å². The van der Waals surface area contributed by atoms with Crippen molar-refractivity contribution in [2.24, 2.45) is 5.73 Å². The summed E-state index contributed by atoms with van der Waals surface area (Å²) in [6.07, 6.45) is 3.85. The Morgan fingerprint density at radius 2 is 2.35 bits per heavy atom. The highest BCUT2D eigenvalue weighted by Gasteiger charge is 2.13. The van der Waals surface area contributed by atoms with Gasteiger partial charge in [-0.25, -0.2) is 0 Å². The topological polar surface area (TPSA) is 94.0 Å². The summed E-state index contributed by atoms with van der Waals surface area (Å²) in [7, 11) is 0. The van der Waals surface area contributed by atoms with Crippen LogP contribution in [0.15, 0.2) is 22.0 Å². The smallest absolute Gasteiger partial charge is 0.227 e. The zero-order valence-corrected chi connectivity index (χ0v) is 14.8. The molecule has 2 rings (SSSR count). The molecule has 2 aromatic heterocycles. The van der Waals surface area contributed by atoms with Gasteiger partial charge in [0.05, 0.1) is 4.88 Å². The molecule has 1 amide bonds. The zero-order chi connectivity index (χ0) is 15.8. The third kappa shape index (κ3) is 6.29. The molecule has 2 heterocycles. The van der Waals surface area contributed by atoms with E-state index in [0.29, 0.717) is 31.1 Å². The summed E-state index contributed by atoms with van der Waals surface area (Å²) in [5, 5.41) is 8.84. The first-order valence-corrected chi connectivity index (χ1v) is 8.46. The van der Waals surface area contributed by atoms with Crippen LogP contribution in [0, 0.1) is 0 Å². The average Bonchev–Trinajstić information content (AvgIpc) is 3.19. The highest BCUT2D eigenvalue weighted by Crippen LogP contribution is 2.21. The van der Waals surface area contributed by atoms with Crippen LogP contribution in [0.5, 0.6) is 0 Å². The molecule has 1 unspecified atom stereocenters. The summed E-state index contributed by atoms with van der Waals surface area (Å²) in [5.41, 5.74) is 5.67. The second kappa shape index (κ2) is 10.4. The number of unbranched alkanes of at least 4 members (excludes halogenated alkanes) is 1. The van der Waals surface area contributed by atoms with Gasteiger partial charge in [-0.1, -0.05) is 31.0 Å². The number of nitrogens with one attached hydrogen (secondary N) is 1. The molecule has 128 valence electrons.